The maximum atomic E-state index is 12.1. The molecule has 1 heterocycles. The van der Waals surface area contributed by atoms with Gasteiger partial charge in [0, 0.05) is 23.2 Å². The van der Waals surface area contributed by atoms with Crippen LogP contribution in [0, 0.1) is 0 Å². The molecule has 8 heteroatoms. The van der Waals surface area contributed by atoms with E-state index in [1.807, 2.05) is 57.4 Å². The highest BCUT2D eigenvalue weighted by Crippen LogP contribution is 2.39. The van der Waals surface area contributed by atoms with Gasteiger partial charge in [-0.2, -0.15) is 0 Å². The van der Waals surface area contributed by atoms with Crippen molar-refractivity contribution in [1.82, 2.24) is 15.1 Å². The number of rotatable bonds is 10. The van der Waals surface area contributed by atoms with Crippen LogP contribution in [-0.4, -0.2) is 52.5 Å². The summed E-state index contributed by atoms with van der Waals surface area (Å²) >= 11 is 1.62. The molecule has 0 spiro atoms. The Morgan fingerprint density at radius 1 is 1.16 bits per heavy atom. The van der Waals surface area contributed by atoms with Gasteiger partial charge in [0.15, 0.2) is 0 Å². The molecule has 1 atom stereocenters. The van der Waals surface area contributed by atoms with Gasteiger partial charge < -0.3 is 19.7 Å². The number of carbonyl (C=O) groups is 1. The van der Waals surface area contributed by atoms with Crippen LogP contribution in [0.3, 0.4) is 0 Å². The number of phenolic OH excluding ortho intramolecular Hbond substituents is 1. The van der Waals surface area contributed by atoms with E-state index in [0.29, 0.717) is 18.2 Å². The maximum absolute atomic E-state index is 12.1. The molecule has 1 amide bonds. The lowest BCUT2D eigenvalue weighted by molar-refractivity contribution is -0.116. The summed E-state index contributed by atoms with van der Waals surface area (Å²) in [6, 6.07) is 14.5. The molecule has 3 rings (SSSR count). The fourth-order valence-corrected chi connectivity index (χ4v) is 4.05. The van der Waals surface area contributed by atoms with Crippen molar-refractivity contribution in [2.24, 2.45) is 0 Å². The number of anilines is 1. The molecule has 0 aliphatic carbocycles. The van der Waals surface area contributed by atoms with Gasteiger partial charge in [-0.15, -0.1) is 22.0 Å². The van der Waals surface area contributed by atoms with Gasteiger partial charge in [-0.05, 0) is 63.1 Å². The average Bonchev–Trinajstić information content (AvgIpc) is 3.23. The lowest BCUT2D eigenvalue weighted by Gasteiger charge is -2.13. The first-order valence-corrected chi connectivity index (χ1v) is 11.3. The van der Waals surface area contributed by atoms with E-state index in [-0.39, 0.29) is 16.9 Å². The Bertz CT molecular complexity index is 988. The molecule has 0 saturated heterocycles. The third-order valence-electron chi connectivity index (χ3n) is 4.64. The van der Waals surface area contributed by atoms with Crippen LogP contribution in [-0.2, 0) is 4.79 Å². The standard InChI is InChI=1S/C23H28N4O3S/c1-4-31-21(18-8-5-6-9-19(18)28)23-26-25-22(30-23)16-11-13-17(14-12-16)24-20(29)10-7-15-27(2)3/h5-6,8-9,11-14,21,28H,4,7,10,15H2,1-3H3,(H,24,29). The number of aromatic hydroxyl groups is 1. The van der Waals surface area contributed by atoms with E-state index in [1.165, 1.54) is 0 Å². The Kier molecular flexibility index (Phi) is 8.08. The molecule has 31 heavy (non-hydrogen) atoms. The molecular weight excluding hydrogens is 412 g/mol. The monoisotopic (exact) mass is 440 g/mol. The van der Waals surface area contributed by atoms with Crippen LogP contribution in [0.2, 0.25) is 0 Å². The fourth-order valence-electron chi connectivity index (χ4n) is 3.10. The largest absolute Gasteiger partial charge is 0.508 e. The lowest BCUT2D eigenvalue weighted by Crippen LogP contribution is -2.17. The summed E-state index contributed by atoms with van der Waals surface area (Å²) in [6.45, 7) is 2.92. The summed E-state index contributed by atoms with van der Waals surface area (Å²) < 4.78 is 5.94. The molecule has 2 N–H and O–H groups in total. The van der Waals surface area contributed by atoms with E-state index in [0.717, 1.165) is 35.5 Å². The fraction of sp³-hybridized carbons (Fsp3) is 0.348. The minimum absolute atomic E-state index is 0.00298. The number of carbonyl (C=O) groups excluding carboxylic acids is 1. The zero-order valence-corrected chi connectivity index (χ0v) is 18.9. The van der Waals surface area contributed by atoms with Gasteiger partial charge in [-0.25, -0.2) is 0 Å². The quantitative estimate of drug-likeness (QED) is 0.477. The number of nitrogens with zero attached hydrogens (tertiary/aromatic N) is 3. The summed E-state index contributed by atoms with van der Waals surface area (Å²) in [7, 11) is 3.98. The summed E-state index contributed by atoms with van der Waals surface area (Å²) in [6.07, 6.45) is 1.30. The van der Waals surface area contributed by atoms with Gasteiger partial charge in [0.2, 0.25) is 17.7 Å². The number of amides is 1. The molecule has 0 radical (unpaired) electrons. The van der Waals surface area contributed by atoms with Gasteiger partial charge in [0.05, 0.1) is 0 Å². The van der Waals surface area contributed by atoms with Gasteiger partial charge in [-0.3, -0.25) is 4.79 Å². The molecule has 3 aromatic rings. The zero-order valence-electron chi connectivity index (χ0n) is 18.0. The van der Waals surface area contributed by atoms with Crippen LogP contribution in [0.1, 0.15) is 36.5 Å². The number of nitrogens with one attached hydrogen (secondary N) is 1. The number of aromatic nitrogens is 2. The molecule has 7 nitrogen and oxygen atoms in total. The molecule has 2 aromatic carbocycles. The average molecular weight is 441 g/mol. The topological polar surface area (TPSA) is 91.5 Å². The normalized spacial score (nSPS) is 12.1. The van der Waals surface area contributed by atoms with Crippen molar-refractivity contribution in [3.8, 4) is 17.2 Å². The van der Waals surface area contributed by atoms with Crippen molar-refractivity contribution >= 4 is 23.4 Å². The predicted molar refractivity (Wildman–Crippen MR) is 124 cm³/mol. The van der Waals surface area contributed by atoms with Gasteiger partial charge in [0.1, 0.15) is 11.0 Å². The van der Waals surface area contributed by atoms with Crippen LogP contribution in [0.4, 0.5) is 5.69 Å². The molecule has 164 valence electrons. The minimum Gasteiger partial charge on any atom is -0.508 e. The summed E-state index contributed by atoms with van der Waals surface area (Å²) in [5.41, 5.74) is 2.24. The van der Waals surface area contributed by atoms with E-state index in [2.05, 4.69) is 20.4 Å². The van der Waals surface area contributed by atoms with Crippen LogP contribution < -0.4 is 5.32 Å². The van der Waals surface area contributed by atoms with Crippen molar-refractivity contribution < 1.29 is 14.3 Å². The number of phenols is 1. The number of para-hydroxylation sites is 1. The second-order valence-corrected chi connectivity index (χ2v) is 8.75. The van der Waals surface area contributed by atoms with E-state index < -0.39 is 0 Å². The number of benzene rings is 2. The molecule has 1 aromatic heterocycles. The third kappa shape index (κ3) is 6.32. The van der Waals surface area contributed by atoms with Crippen LogP contribution in [0.25, 0.3) is 11.5 Å². The Hall–Kier alpha value is -2.84. The van der Waals surface area contributed by atoms with Crippen molar-refractivity contribution in [2.45, 2.75) is 25.0 Å². The molecular formula is C23H28N4O3S. The summed E-state index contributed by atoms with van der Waals surface area (Å²) in [5.74, 6) is 1.88. The van der Waals surface area contributed by atoms with Crippen LogP contribution in [0.15, 0.2) is 52.9 Å². The van der Waals surface area contributed by atoms with Crippen molar-refractivity contribution in [2.75, 3.05) is 31.7 Å². The zero-order chi connectivity index (χ0) is 22.2. The number of thioether (sulfide) groups is 1. The van der Waals surface area contributed by atoms with Crippen molar-refractivity contribution in [3.05, 3.63) is 60.0 Å². The molecule has 0 bridgehead atoms. The second-order valence-electron chi connectivity index (χ2n) is 7.37. The highest BCUT2D eigenvalue weighted by atomic mass is 32.2. The highest BCUT2D eigenvalue weighted by molar-refractivity contribution is 7.99. The van der Waals surface area contributed by atoms with Crippen LogP contribution >= 0.6 is 11.8 Å². The predicted octanol–water partition coefficient (Wildman–Crippen LogP) is 4.57. The molecule has 1 unspecified atom stereocenters. The van der Waals surface area contributed by atoms with E-state index in [1.54, 1.807) is 23.9 Å². The van der Waals surface area contributed by atoms with Crippen molar-refractivity contribution in [3.63, 3.8) is 0 Å². The molecule has 0 fully saturated rings. The number of hydrogen-bond acceptors (Lipinski definition) is 7. The Balaban J connectivity index is 1.69. The van der Waals surface area contributed by atoms with Crippen molar-refractivity contribution in [1.29, 1.82) is 0 Å². The van der Waals surface area contributed by atoms with Gasteiger partial charge >= 0.3 is 0 Å². The van der Waals surface area contributed by atoms with E-state index in [9.17, 15) is 9.90 Å². The first-order valence-electron chi connectivity index (χ1n) is 10.3. The van der Waals surface area contributed by atoms with E-state index >= 15 is 0 Å². The second kappa shape index (κ2) is 11.0. The van der Waals surface area contributed by atoms with Gasteiger partial charge in [0.25, 0.3) is 0 Å². The summed E-state index contributed by atoms with van der Waals surface area (Å²) in [5, 5.41) is 21.3. The molecule has 0 aliphatic rings. The first kappa shape index (κ1) is 22.8. The smallest absolute Gasteiger partial charge is 0.247 e. The lowest BCUT2D eigenvalue weighted by atomic mass is 10.1. The summed E-state index contributed by atoms with van der Waals surface area (Å²) in [4.78, 5) is 14.1. The van der Waals surface area contributed by atoms with E-state index in [4.69, 9.17) is 4.42 Å². The Morgan fingerprint density at radius 2 is 1.90 bits per heavy atom. The molecule has 0 saturated carbocycles. The maximum Gasteiger partial charge on any atom is 0.247 e. The highest BCUT2D eigenvalue weighted by Gasteiger charge is 2.23. The van der Waals surface area contributed by atoms with Crippen LogP contribution in [0.5, 0.6) is 5.75 Å². The Morgan fingerprint density at radius 3 is 2.58 bits per heavy atom. The first-order chi connectivity index (χ1) is 15.0. The third-order valence-corrected chi connectivity index (χ3v) is 5.76. The molecule has 0 aliphatic heterocycles. The minimum atomic E-state index is -0.242. The SMILES string of the molecule is CCSC(c1nnc(-c2ccc(NC(=O)CCCN(C)C)cc2)o1)c1ccccc1O. The Labute approximate surface area is 186 Å². The van der Waals surface area contributed by atoms with Gasteiger partial charge in [-0.1, -0.05) is 25.1 Å². The number of hydrogen-bond donors (Lipinski definition) is 2.